The van der Waals surface area contributed by atoms with Gasteiger partial charge < -0.3 is 14.2 Å². The highest BCUT2D eigenvalue weighted by molar-refractivity contribution is 9.12. The van der Waals surface area contributed by atoms with Crippen molar-refractivity contribution in [3.63, 3.8) is 0 Å². The van der Waals surface area contributed by atoms with Gasteiger partial charge in [-0.2, -0.15) is 0 Å². The normalized spacial score (nSPS) is 13.3. The molecule has 0 aliphatic carbocycles. The number of unbranched alkanes of at least 4 members (excludes halogenated alkanes) is 9. The number of halogens is 7. The average molecular weight is 1050 g/mol. The molecule has 244 valence electrons. The Balaban J connectivity index is 1.84. The van der Waals surface area contributed by atoms with Crippen molar-refractivity contribution in [3.05, 3.63) is 53.3 Å². The number of benzene rings is 2. The topological polar surface area (TPSA) is 27.7 Å². The van der Waals surface area contributed by atoms with Crippen molar-refractivity contribution in [1.82, 2.24) is 0 Å². The molecular formula is C33H45Br7O3. The number of alkyl halides is 3. The highest BCUT2D eigenvalue weighted by Gasteiger charge is 2.27. The van der Waals surface area contributed by atoms with E-state index in [2.05, 4.69) is 157 Å². The Hall–Kier alpha value is 1.36. The summed E-state index contributed by atoms with van der Waals surface area (Å²) < 4.78 is 21.8. The van der Waals surface area contributed by atoms with Gasteiger partial charge in [0, 0.05) is 17.4 Å². The molecule has 0 fully saturated rings. The van der Waals surface area contributed by atoms with Crippen LogP contribution in [0.5, 0.6) is 11.5 Å². The molecule has 0 amide bonds. The van der Waals surface area contributed by atoms with Crippen molar-refractivity contribution in [1.29, 1.82) is 0 Å². The van der Waals surface area contributed by atoms with Crippen LogP contribution in [0, 0.1) is 0 Å². The third-order valence-electron chi connectivity index (χ3n) is 7.37. The highest BCUT2D eigenvalue weighted by atomic mass is 79.9. The smallest absolute Gasteiger partial charge is 0.147 e. The molecule has 0 radical (unpaired) electrons. The van der Waals surface area contributed by atoms with Crippen molar-refractivity contribution in [2.45, 2.75) is 100 Å². The number of hydrogen-bond acceptors (Lipinski definition) is 3. The van der Waals surface area contributed by atoms with Gasteiger partial charge in [-0.25, -0.2) is 0 Å². The van der Waals surface area contributed by atoms with E-state index >= 15 is 0 Å². The third kappa shape index (κ3) is 14.6. The monoisotopic (exact) mass is 1040 g/mol. The van der Waals surface area contributed by atoms with Crippen LogP contribution in [0.2, 0.25) is 0 Å². The molecule has 0 bridgehead atoms. The Morgan fingerprint density at radius 2 is 1.00 bits per heavy atom. The first-order chi connectivity index (χ1) is 20.5. The molecule has 2 atom stereocenters. The van der Waals surface area contributed by atoms with Crippen molar-refractivity contribution in [2.75, 3.05) is 31.8 Å². The van der Waals surface area contributed by atoms with Gasteiger partial charge in [-0.05, 0) is 106 Å². The summed E-state index contributed by atoms with van der Waals surface area (Å²) in [6.45, 7) is 9.23. The Bertz CT molecular complexity index is 1050. The zero-order valence-electron chi connectivity index (χ0n) is 25.4. The Morgan fingerprint density at radius 1 is 0.605 bits per heavy atom. The summed E-state index contributed by atoms with van der Waals surface area (Å²) in [6, 6.07) is 8.55. The summed E-state index contributed by atoms with van der Waals surface area (Å²) in [6.07, 6.45) is 13.3. The minimum absolute atomic E-state index is 0.121. The fraction of sp³-hybridized carbons (Fsp3) is 0.636. The minimum atomic E-state index is -0.276. The predicted octanol–water partition coefficient (Wildman–Crippen LogP) is 13.7. The van der Waals surface area contributed by atoms with E-state index in [1.54, 1.807) is 0 Å². The van der Waals surface area contributed by atoms with Gasteiger partial charge in [-0.3, -0.25) is 0 Å². The first-order valence-electron chi connectivity index (χ1n) is 15.2. The second-order valence-corrected chi connectivity index (χ2v) is 18.0. The summed E-state index contributed by atoms with van der Waals surface area (Å²) in [5.41, 5.74) is 2.03. The van der Waals surface area contributed by atoms with Crippen molar-refractivity contribution >= 4 is 112 Å². The molecule has 2 rings (SSSR count). The van der Waals surface area contributed by atoms with Crippen LogP contribution in [0.4, 0.5) is 0 Å². The van der Waals surface area contributed by atoms with E-state index in [0.717, 1.165) is 58.9 Å². The quantitative estimate of drug-likeness (QED) is 0.0869. The van der Waals surface area contributed by atoms with Gasteiger partial charge in [0.2, 0.25) is 0 Å². The van der Waals surface area contributed by atoms with Gasteiger partial charge in [0.25, 0.3) is 0 Å². The first-order valence-corrected chi connectivity index (χ1v) is 21.3. The van der Waals surface area contributed by atoms with E-state index in [1.807, 2.05) is 0 Å². The van der Waals surface area contributed by atoms with Crippen LogP contribution in [-0.4, -0.2) is 41.4 Å². The van der Waals surface area contributed by atoms with Crippen LogP contribution in [0.25, 0.3) is 0 Å². The lowest BCUT2D eigenvalue weighted by molar-refractivity contribution is 0.121. The van der Waals surface area contributed by atoms with Crippen LogP contribution in [0.1, 0.15) is 96.1 Å². The maximum atomic E-state index is 6.21. The molecule has 3 nitrogen and oxygen atoms in total. The molecule has 0 saturated carbocycles. The lowest BCUT2D eigenvalue weighted by Gasteiger charge is -2.28. The molecule has 43 heavy (non-hydrogen) atoms. The average Bonchev–Trinajstić information content (AvgIpc) is 2.96. The maximum Gasteiger partial charge on any atom is 0.147 e. The molecule has 0 aliphatic heterocycles. The zero-order chi connectivity index (χ0) is 31.8. The number of ether oxygens (including phenoxy) is 3. The van der Waals surface area contributed by atoms with E-state index in [0.29, 0.717) is 19.8 Å². The lowest BCUT2D eigenvalue weighted by Crippen LogP contribution is -2.20. The third-order valence-corrected chi connectivity index (χ3v) is 12.5. The summed E-state index contributed by atoms with van der Waals surface area (Å²) in [5.74, 6) is 1.59. The molecule has 0 N–H and O–H groups in total. The molecular weight excluding hydrogens is 1000 g/mol. The van der Waals surface area contributed by atoms with Gasteiger partial charge >= 0.3 is 0 Å². The van der Waals surface area contributed by atoms with Crippen LogP contribution < -0.4 is 9.47 Å². The van der Waals surface area contributed by atoms with E-state index in [1.165, 1.54) is 57.8 Å². The molecule has 0 spiro atoms. The molecule has 2 aromatic rings. The Labute approximate surface area is 319 Å². The molecule has 10 heteroatoms. The SMILES string of the molecule is CCCCCCCCCCCCOCC(Br)COc1c(Br)cc(C(C)(C)c2cc(Br)c(OCC(Br)CBr)c(Br)c2)cc1Br. The lowest BCUT2D eigenvalue weighted by atomic mass is 9.78. The summed E-state index contributed by atoms with van der Waals surface area (Å²) >= 11 is 25.8. The van der Waals surface area contributed by atoms with Crippen molar-refractivity contribution < 1.29 is 14.2 Å². The standard InChI is InChI=1S/C33H45Br7O3/c1-4-5-6-7-8-9-10-11-12-13-14-41-20-26(36)22-43-32-29(39)17-24(18-30(32)40)33(2,3)23-15-27(37)31(28(38)16-23)42-21-25(35)19-34/h15-18,25-26H,4-14,19-22H2,1-3H3. The Morgan fingerprint density at radius 3 is 1.42 bits per heavy atom. The molecule has 2 unspecified atom stereocenters. The van der Waals surface area contributed by atoms with E-state index in [-0.39, 0.29) is 15.1 Å². The fourth-order valence-corrected chi connectivity index (χ4v) is 8.10. The van der Waals surface area contributed by atoms with Crippen molar-refractivity contribution in [2.24, 2.45) is 0 Å². The molecule has 0 saturated heterocycles. The molecule has 0 aromatic heterocycles. The van der Waals surface area contributed by atoms with Gasteiger partial charge in [0.05, 0.1) is 34.2 Å². The van der Waals surface area contributed by atoms with Gasteiger partial charge in [-0.15, -0.1) is 0 Å². The molecule has 2 aromatic carbocycles. The second-order valence-electron chi connectivity index (χ2n) is 11.4. The van der Waals surface area contributed by atoms with E-state index < -0.39 is 0 Å². The Kier molecular flexibility index (Phi) is 20.8. The fourth-order valence-electron chi connectivity index (χ4n) is 4.63. The zero-order valence-corrected chi connectivity index (χ0v) is 36.5. The van der Waals surface area contributed by atoms with Crippen LogP contribution in [0.15, 0.2) is 42.2 Å². The second kappa shape index (κ2) is 22.1. The summed E-state index contributed by atoms with van der Waals surface area (Å²) in [5, 5.41) is 0.820. The summed E-state index contributed by atoms with van der Waals surface area (Å²) in [7, 11) is 0. The first kappa shape index (κ1) is 40.5. The van der Waals surface area contributed by atoms with E-state index in [4.69, 9.17) is 14.2 Å². The van der Waals surface area contributed by atoms with E-state index in [9.17, 15) is 0 Å². The van der Waals surface area contributed by atoms with Crippen LogP contribution in [0.3, 0.4) is 0 Å². The van der Waals surface area contributed by atoms with Crippen LogP contribution >= 0.6 is 112 Å². The molecule has 0 heterocycles. The minimum Gasteiger partial charge on any atom is -0.490 e. The van der Waals surface area contributed by atoms with Gasteiger partial charge in [0.15, 0.2) is 0 Å². The van der Waals surface area contributed by atoms with Crippen molar-refractivity contribution in [3.8, 4) is 11.5 Å². The largest absolute Gasteiger partial charge is 0.490 e. The van der Waals surface area contributed by atoms with Gasteiger partial charge in [-0.1, -0.05) is 126 Å². The summed E-state index contributed by atoms with van der Waals surface area (Å²) in [4.78, 5) is 0.356. The molecule has 0 aliphatic rings. The van der Waals surface area contributed by atoms with Gasteiger partial charge in [0.1, 0.15) is 24.7 Å². The highest BCUT2D eigenvalue weighted by Crippen LogP contribution is 2.44. The van der Waals surface area contributed by atoms with Crippen LogP contribution in [-0.2, 0) is 10.2 Å². The maximum absolute atomic E-state index is 6.21. The number of hydrogen-bond donors (Lipinski definition) is 0. The predicted molar refractivity (Wildman–Crippen MR) is 209 cm³/mol. The number of rotatable bonds is 22.